The van der Waals surface area contributed by atoms with Gasteiger partial charge in [-0.05, 0) is 54.8 Å². The average molecular weight is 458 g/mol. The second-order valence-electron chi connectivity index (χ2n) is 7.72. The van der Waals surface area contributed by atoms with Gasteiger partial charge in [0.2, 0.25) is 0 Å². The highest BCUT2D eigenvalue weighted by molar-refractivity contribution is 7.92. The van der Waals surface area contributed by atoms with Gasteiger partial charge in [-0.1, -0.05) is 30.3 Å². The summed E-state index contributed by atoms with van der Waals surface area (Å²) in [5, 5.41) is 9.46. The van der Waals surface area contributed by atoms with E-state index in [1.165, 1.54) is 40.7 Å². The Kier molecular flexibility index (Phi) is 4.87. The molecule has 33 heavy (non-hydrogen) atoms. The molecule has 0 saturated heterocycles. The molecule has 4 aromatic rings. The van der Waals surface area contributed by atoms with Crippen LogP contribution >= 0.6 is 0 Å². The maximum Gasteiger partial charge on any atom is 0.333 e. The maximum atomic E-state index is 13.5. The van der Waals surface area contributed by atoms with Gasteiger partial charge in [-0.2, -0.15) is 5.26 Å². The fraction of sp³-hybridized carbons (Fsp3) is 0.125. The van der Waals surface area contributed by atoms with E-state index in [0.29, 0.717) is 18.7 Å². The van der Waals surface area contributed by atoms with Gasteiger partial charge in [0, 0.05) is 6.54 Å². The van der Waals surface area contributed by atoms with Crippen molar-refractivity contribution in [2.45, 2.75) is 17.7 Å². The minimum atomic E-state index is -3.93. The number of aromatic amines is 1. The van der Waals surface area contributed by atoms with Gasteiger partial charge in [0.05, 0.1) is 32.7 Å². The number of fused-ring (bicyclic) bond motifs is 2. The molecule has 0 saturated carbocycles. The lowest BCUT2D eigenvalue weighted by Crippen LogP contribution is -2.36. The molecule has 0 bridgehead atoms. The summed E-state index contributed by atoms with van der Waals surface area (Å²) in [6.07, 6.45) is 1.49. The summed E-state index contributed by atoms with van der Waals surface area (Å²) in [6, 6.07) is 19.6. The van der Waals surface area contributed by atoms with Gasteiger partial charge in [-0.25, -0.2) is 17.8 Å². The molecule has 0 radical (unpaired) electrons. The first-order valence-corrected chi connectivity index (χ1v) is 11.7. The van der Waals surface area contributed by atoms with Crippen LogP contribution in [0.4, 0.5) is 5.69 Å². The Balaban J connectivity index is 1.68. The first-order chi connectivity index (χ1) is 15.9. The van der Waals surface area contributed by atoms with Gasteiger partial charge in [0.1, 0.15) is 6.07 Å². The van der Waals surface area contributed by atoms with Crippen molar-refractivity contribution in [3.63, 3.8) is 0 Å². The molecule has 0 aliphatic carbocycles. The number of aromatic nitrogens is 2. The number of nitriles is 1. The molecule has 0 spiro atoms. The quantitative estimate of drug-likeness (QED) is 0.507. The second-order valence-corrected chi connectivity index (χ2v) is 9.58. The number of nitrogens with zero attached hydrogens (tertiary/aromatic N) is 3. The molecule has 1 aromatic heterocycles. The molecule has 1 N–H and O–H groups in total. The summed E-state index contributed by atoms with van der Waals surface area (Å²) < 4.78 is 29.3. The zero-order valence-corrected chi connectivity index (χ0v) is 18.2. The van der Waals surface area contributed by atoms with E-state index in [1.54, 1.807) is 18.2 Å². The van der Waals surface area contributed by atoms with Gasteiger partial charge in [0.25, 0.3) is 15.6 Å². The molecule has 2 heterocycles. The molecule has 0 amide bonds. The Hall–Kier alpha value is -4.16. The number of nitrogens with one attached hydrogen (secondary N) is 1. The zero-order valence-electron chi connectivity index (χ0n) is 17.4. The Morgan fingerprint density at radius 1 is 0.970 bits per heavy atom. The fourth-order valence-electron chi connectivity index (χ4n) is 4.25. The predicted octanol–water partition coefficient (Wildman–Crippen LogP) is 2.69. The highest BCUT2D eigenvalue weighted by Gasteiger charge is 2.29. The van der Waals surface area contributed by atoms with Crippen molar-refractivity contribution in [1.29, 1.82) is 5.26 Å². The summed E-state index contributed by atoms with van der Waals surface area (Å²) in [5.41, 5.74) is 0.639. The third-order valence-electron chi connectivity index (χ3n) is 5.78. The summed E-state index contributed by atoms with van der Waals surface area (Å²) >= 11 is 0. The zero-order chi connectivity index (χ0) is 23.2. The Bertz CT molecular complexity index is 1680. The summed E-state index contributed by atoms with van der Waals surface area (Å²) in [4.78, 5) is 28.5. The molecule has 0 atom stereocenters. The second kappa shape index (κ2) is 7.76. The number of para-hydroxylation sites is 1. The van der Waals surface area contributed by atoms with Crippen LogP contribution in [0.1, 0.15) is 17.5 Å². The molecular formula is C24H18N4O4S. The van der Waals surface area contributed by atoms with Crippen LogP contribution in [0, 0.1) is 11.3 Å². The van der Waals surface area contributed by atoms with E-state index in [1.807, 2.05) is 18.2 Å². The smallest absolute Gasteiger partial charge is 0.306 e. The normalized spacial score (nSPS) is 13.5. The molecule has 3 aromatic carbocycles. The van der Waals surface area contributed by atoms with Crippen molar-refractivity contribution in [1.82, 2.24) is 9.55 Å². The highest BCUT2D eigenvalue weighted by atomic mass is 32.2. The lowest BCUT2D eigenvalue weighted by Gasteiger charge is -2.30. The number of sulfonamides is 1. The SMILES string of the molecule is N#Cc1cccc2[nH]c(=O)n(-c3cccc(S(=O)(=O)N4CCCc5ccccc54)c3)c(=O)c12. The molecule has 8 nitrogen and oxygen atoms in total. The molecule has 0 fully saturated rings. The Morgan fingerprint density at radius 3 is 2.58 bits per heavy atom. The molecule has 164 valence electrons. The highest BCUT2D eigenvalue weighted by Crippen LogP contribution is 2.32. The van der Waals surface area contributed by atoms with Crippen molar-refractivity contribution in [2.75, 3.05) is 10.8 Å². The van der Waals surface area contributed by atoms with E-state index in [2.05, 4.69) is 4.98 Å². The molecule has 5 rings (SSSR count). The fourth-order valence-corrected chi connectivity index (χ4v) is 5.83. The molecular weight excluding hydrogens is 440 g/mol. The van der Waals surface area contributed by atoms with E-state index < -0.39 is 21.3 Å². The van der Waals surface area contributed by atoms with Crippen LogP contribution in [0.25, 0.3) is 16.6 Å². The largest absolute Gasteiger partial charge is 0.333 e. The molecule has 9 heteroatoms. The van der Waals surface area contributed by atoms with Gasteiger partial charge < -0.3 is 4.98 Å². The first kappa shape index (κ1) is 20.7. The lowest BCUT2D eigenvalue weighted by atomic mass is 10.0. The number of aryl methyl sites for hydroxylation is 1. The van der Waals surface area contributed by atoms with E-state index in [4.69, 9.17) is 0 Å². The third-order valence-corrected chi connectivity index (χ3v) is 7.59. The topological polar surface area (TPSA) is 116 Å². The Labute approximate surface area is 189 Å². The van der Waals surface area contributed by atoms with Crippen LogP contribution in [0.3, 0.4) is 0 Å². The number of benzene rings is 3. The van der Waals surface area contributed by atoms with Crippen LogP contribution in [0.5, 0.6) is 0 Å². The Morgan fingerprint density at radius 2 is 1.76 bits per heavy atom. The predicted molar refractivity (Wildman–Crippen MR) is 124 cm³/mol. The van der Waals surface area contributed by atoms with Gasteiger partial charge in [0.15, 0.2) is 0 Å². The van der Waals surface area contributed by atoms with Gasteiger partial charge in [-0.3, -0.25) is 9.10 Å². The van der Waals surface area contributed by atoms with Crippen molar-refractivity contribution in [3.05, 3.63) is 98.7 Å². The molecule has 0 unspecified atom stereocenters. The number of hydrogen-bond donors (Lipinski definition) is 1. The van der Waals surface area contributed by atoms with E-state index in [-0.39, 0.29) is 27.0 Å². The monoisotopic (exact) mass is 458 g/mol. The third kappa shape index (κ3) is 3.32. The van der Waals surface area contributed by atoms with E-state index in [9.17, 15) is 23.3 Å². The first-order valence-electron chi connectivity index (χ1n) is 10.3. The van der Waals surface area contributed by atoms with Crippen molar-refractivity contribution in [3.8, 4) is 11.8 Å². The van der Waals surface area contributed by atoms with Crippen LogP contribution in [-0.2, 0) is 16.4 Å². The van der Waals surface area contributed by atoms with E-state index in [0.717, 1.165) is 16.6 Å². The summed E-state index contributed by atoms with van der Waals surface area (Å²) in [6.45, 7) is 0.339. The number of anilines is 1. The van der Waals surface area contributed by atoms with Gasteiger partial charge in [-0.15, -0.1) is 0 Å². The van der Waals surface area contributed by atoms with Crippen LogP contribution in [0.15, 0.2) is 81.2 Å². The van der Waals surface area contributed by atoms with Crippen molar-refractivity contribution >= 4 is 26.6 Å². The van der Waals surface area contributed by atoms with Crippen LogP contribution in [-0.4, -0.2) is 24.5 Å². The number of H-pyrrole nitrogens is 1. The van der Waals surface area contributed by atoms with E-state index >= 15 is 0 Å². The summed E-state index contributed by atoms with van der Waals surface area (Å²) in [7, 11) is -3.93. The average Bonchev–Trinajstić information content (AvgIpc) is 2.83. The standard InChI is InChI=1S/C24H18N4O4S/c25-15-17-7-3-11-20-22(17)23(29)28(24(30)26-20)18-9-4-10-19(14-18)33(31,32)27-13-5-8-16-6-1-2-12-21(16)27/h1-4,6-7,9-12,14H,5,8,13H2,(H,26,30). The van der Waals surface area contributed by atoms with Crippen LogP contribution in [0.2, 0.25) is 0 Å². The van der Waals surface area contributed by atoms with Gasteiger partial charge >= 0.3 is 5.69 Å². The van der Waals surface area contributed by atoms with Crippen molar-refractivity contribution < 1.29 is 8.42 Å². The van der Waals surface area contributed by atoms with Crippen LogP contribution < -0.4 is 15.6 Å². The number of hydrogen-bond acceptors (Lipinski definition) is 5. The lowest BCUT2D eigenvalue weighted by molar-refractivity contribution is 0.586. The minimum Gasteiger partial charge on any atom is -0.306 e. The molecule has 1 aliphatic rings. The summed E-state index contributed by atoms with van der Waals surface area (Å²) in [5.74, 6) is 0. The van der Waals surface area contributed by atoms with Crippen molar-refractivity contribution in [2.24, 2.45) is 0 Å². The molecule has 1 aliphatic heterocycles. The number of rotatable bonds is 3. The maximum absolute atomic E-state index is 13.5. The minimum absolute atomic E-state index is 0.0309.